The van der Waals surface area contributed by atoms with Crippen LogP contribution in [0.5, 0.6) is 0 Å². The first-order chi connectivity index (χ1) is 17.5. The Morgan fingerprint density at radius 2 is 1.72 bits per heavy atom. The van der Waals surface area contributed by atoms with E-state index in [1.54, 1.807) is 16.9 Å². The standard InChI is InChI=1S/C27H26N4O5/c1-3-31-25-21(16-28-31)20(15-22(30-25)19-12-8-5-9-13-19)26(33)36-17-24(32)29-23(27(34)35-2)14-18-10-6-4-7-11-18/h4-13,15-16,23H,3,14,17H2,1-2H3,(H,29,32). The number of pyridine rings is 1. The second-order valence-electron chi connectivity index (χ2n) is 8.03. The van der Waals surface area contributed by atoms with Gasteiger partial charge in [-0.25, -0.2) is 19.3 Å². The average molecular weight is 487 g/mol. The molecule has 2 aromatic heterocycles. The minimum atomic E-state index is -0.913. The number of carbonyl (C=O) groups is 3. The molecule has 4 aromatic rings. The van der Waals surface area contributed by atoms with Gasteiger partial charge in [-0.15, -0.1) is 0 Å². The highest BCUT2D eigenvalue weighted by atomic mass is 16.5. The summed E-state index contributed by atoms with van der Waals surface area (Å²) in [5.41, 5.74) is 3.06. The maximum Gasteiger partial charge on any atom is 0.339 e. The van der Waals surface area contributed by atoms with E-state index < -0.39 is 30.5 Å². The van der Waals surface area contributed by atoms with Crippen molar-refractivity contribution in [2.75, 3.05) is 13.7 Å². The van der Waals surface area contributed by atoms with Crippen LogP contribution < -0.4 is 5.32 Å². The Hall–Kier alpha value is -4.53. The largest absolute Gasteiger partial charge is 0.467 e. The number of amides is 1. The Balaban J connectivity index is 1.51. The van der Waals surface area contributed by atoms with E-state index in [-0.39, 0.29) is 12.0 Å². The lowest BCUT2D eigenvalue weighted by molar-refractivity contribution is -0.145. The van der Waals surface area contributed by atoms with Gasteiger partial charge in [0.25, 0.3) is 5.91 Å². The summed E-state index contributed by atoms with van der Waals surface area (Å²) < 4.78 is 11.8. The summed E-state index contributed by atoms with van der Waals surface area (Å²) in [5.74, 6) is -1.90. The highest BCUT2D eigenvalue weighted by Gasteiger charge is 2.24. The number of nitrogens with zero attached hydrogens (tertiary/aromatic N) is 3. The number of hydrogen-bond acceptors (Lipinski definition) is 7. The van der Waals surface area contributed by atoms with Gasteiger partial charge in [-0.3, -0.25) is 4.79 Å². The van der Waals surface area contributed by atoms with Crippen molar-refractivity contribution in [3.8, 4) is 11.3 Å². The number of rotatable bonds is 9. The summed E-state index contributed by atoms with van der Waals surface area (Å²) in [7, 11) is 1.25. The number of carbonyl (C=O) groups excluding carboxylic acids is 3. The number of hydrogen-bond donors (Lipinski definition) is 1. The Morgan fingerprint density at radius 1 is 1.03 bits per heavy atom. The van der Waals surface area contributed by atoms with Gasteiger partial charge in [-0.2, -0.15) is 5.10 Å². The number of fused-ring (bicyclic) bond motifs is 1. The predicted octanol–water partition coefficient (Wildman–Crippen LogP) is 3.18. The minimum absolute atomic E-state index is 0.245. The van der Waals surface area contributed by atoms with Crippen molar-refractivity contribution < 1.29 is 23.9 Å². The fraction of sp³-hybridized carbons (Fsp3) is 0.222. The van der Waals surface area contributed by atoms with Crippen molar-refractivity contribution in [2.24, 2.45) is 0 Å². The van der Waals surface area contributed by atoms with Gasteiger partial charge in [0.2, 0.25) is 0 Å². The van der Waals surface area contributed by atoms with E-state index in [1.165, 1.54) is 7.11 Å². The fourth-order valence-corrected chi connectivity index (χ4v) is 3.83. The molecule has 9 heteroatoms. The summed E-state index contributed by atoms with van der Waals surface area (Å²) in [6, 6.07) is 19.4. The van der Waals surface area contributed by atoms with Crippen LogP contribution in [0.1, 0.15) is 22.8 Å². The first-order valence-electron chi connectivity index (χ1n) is 11.5. The second-order valence-corrected chi connectivity index (χ2v) is 8.03. The number of aromatic nitrogens is 3. The highest BCUT2D eigenvalue weighted by molar-refractivity contribution is 6.04. The Kier molecular flexibility index (Phi) is 7.69. The molecule has 9 nitrogen and oxygen atoms in total. The molecule has 0 saturated carbocycles. The lowest BCUT2D eigenvalue weighted by Crippen LogP contribution is -2.44. The minimum Gasteiger partial charge on any atom is -0.467 e. The van der Waals surface area contributed by atoms with Crippen molar-refractivity contribution >= 4 is 28.9 Å². The van der Waals surface area contributed by atoms with Crippen LogP contribution in [0.4, 0.5) is 0 Å². The summed E-state index contributed by atoms with van der Waals surface area (Å²) >= 11 is 0. The molecule has 1 unspecified atom stereocenters. The van der Waals surface area contributed by atoms with Gasteiger partial charge in [0.15, 0.2) is 12.3 Å². The monoisotopic (exact) mass is 486 g/mol. The van der Waals surface area contributed by atoms with Gasteiger partial charge in [0.1, 0.15) is 6.04 Å². The maximum atomic E-state index is 13.1. The Morgan fingerprint density at radius 3 is 2.39 bits per heavy atom. The molecule has 0 radical (unpaired) electrons. The predicted molar refractivity (Wildman–Crippen MR) is 133 cm³/mol. The first-order valence-corrected chi connectivity index (χ1v) is 11.5. The van der Waals surface area contributed by atoms with E-state index >= 15 is 0 Å². The van der Waals surface area contributed by atoms with Crippen LogP contribution in [0.15, 0.2) is 72.9 Å². The van der Waals surface area contributed by atoms with E-state index in [9.17, 15) is 14.4 Å². The highest BCUT2D eigenvalue weighted by Crippen LogP contribution is 2.25. The molecule has 0 aliphatic carbocycles. The molecule has 4 rings (SSSR count). The van der Waals surface area contributed by atoms with Crippen LogP contribution in [0.3, 0.4) is 0 Å². The smallest absolute Gasteiger partial charge is 0.339 e. The summed E-state index contributed by atoms with van der Waals surface area (Å²) in [5, 5.41) is 7.43. The summed E-state index contributed by atoms with van der Waals surface area (Å²) in [4.78, 5) is 42.5. The Bertz CT molecular complexity index is 1370. The molecule has 2 aromatic carbocycles. The first kappa shape index (κ1) is 24.6. The van der Waals surface area contributed by atoms with Crippen LogP contribution in [0.25, 0.3) is 22.3 Å². The van der Waals surface area contributed by atoms with Crippen LogP contribution >= 0.6 is 0 Å². The molecule has 1 amide bonds. The second kappa shape index (κ2) is 11.3. The van der Waals surface area contributed by atoms with Crippen LogP contribution in [0.2, 0.25) is 0 Å². The fourth-order valence-electron chi connectivity index (χ4n) is 3.83. The summed E-state index contributed by atoms with van der Waals surface area (Å²) in [6.07, 6.45) is 1.80. The molecule has 36 heavy (non-hydrogen) atoms. The molecule has 0 bridgehead atoms. The number of esters is 2. The summed E-state index contributed by atoms with van der Waals surface area (Å²) in [6.45, 7) is 1.94. The SMILES string of the molecule is CCn1ncc2c(C(=O)OCC(=O)NC(Cc3ccccc3)C(=O)OC)cc(-c3ccccc3)nc21. The molecule has 0 aliphatic heterocycles. The van der Waals surface area contributed by atoms with Crippen LogP contribution in [-0.2, 0) is 32.0 Å². The zero-order valence-electron chi connectivity index (χ0n) is 20.0. The van der Waals surface area contributed by atoms with E-state index in [0.717, 1.165) is 11.1 Å². The van der Waals surface area contributed by atoms with Gasteiger partial charge in [0.05, 0.1) is 30.0 Å². The van der Waals surface area contributed by atoms with Gasteiger partial charge >= 0.3 is 11.9 Å². The molecule has 0 fully saturated rings. The lowest BCUT2D eigenvalue weighted by atomic mass is 10.1. The normalized spacial score (nSPS) is 11.6. The zero-order valence-corrected chi connectivity index (χ0v) is 20.0. The number of benzene rings is 2. The number of methoxy groups -OCH3 is 1. The van der Waals surface area contributed by atoms with E-state index in [4.69, 9.17) is 9.47 Å². The molecule has 2 heterocycles. The molecule has 1 atom stereocenters. The third kappa shape index (κ3) is 5.57. The van der Waals surface area contributed by atoms with Gasteiger partial charge in [0, 0.05) is 18.5 Å². The zero-order chi connectivity index (χ0) is 25.5. The van der Waals surface area contributed by atoms with E-state index in [2.05, 4.69) is 15.4 Å². The van der Waals surface area contributed by atoms with Gasteiger partial charge < -0.3 is 14.8 Å². The molecule has 0 saturated heterocycles. The van der Waals surface area contributed by atoms with Crippen LogP contribution in [0, 0.1) is 0 Å². The molecule has 1 N–H and O–H groups in total. The Labute approximate surface area is 208 Å². The number of aryl methyl sites for hydroxylation is 1. The van der Waals surface area contributed by atoms with E-state index in [1.807, 2.05) is 67.6 Å². The third-order valence-electron chi connectivity index (χ3n) is 5.64. The molecule has 0 spiro atoms. The lowest BCUT2D eigenvalue weighted by Gasteiger charge is -2.16. The maximum absolute atomic E-state index is 13.1. The molecular formula is C27H26N4O5. The molecule has 184 valence electrons. The van der Waals surface area contributed by atoms with Crippen molar-refractivity contribution in [3.05, 3.63) is 84.1 Å². The topological polar surface area (TPSA) is 112 Å². The van der Waals surface area contributed by atoms with Crippen molar-refractivity contribution in [2.45, 2.75) is 25.9 Å². The van der Waals surface area contributed by atoms with E-state index in [0.29, 0.717) is 23.3 Å². The van der Waals surface area contributed by atoms with Crippen molar-refractivity contribution in [3.63, 3.8) is 0 Å². The van der Waals surface area contributed by atoms with Gasteiger partial charge in [-0.05, 0) is 18.6 Å². The molecule has 0 aliphatic rings. The van der Waals surface area contributed by atoms with Crippen molar-refractivity contribution in [1.82, 2.24) is 20.1 Å². The quantitative estimate of drug-likeness (QED) is 0.362. The number of nitrogens with one attached hydrogen (secondary N) is 1. The average Bonchev–Trinajstić information content (AvgIpc) is 3.34. The van der Waals surface area contributed by atoms with Gasteiger partial charge in [-0.1, -0.05) is 60.7 Å². The van der Waals surface area contributed by atoms with Crippen molar-refractivity contribution in [1.29, 1.82) is 0 Å². The third-order valence-corrected chi connectivity index (χ3v) is 5.64. The number of ether oxygens (including phenoxy) is 2. The van der Waals surface area contributed by atoms with Crippen LogP contribution in [-0.4, -0.2) is 52.4 Å². The molecular weight excluding hydrogens is 460 g/mol.